The first-order valence-corrected chi connectivity index (χ1v) is 14.3. The van der Waals surface area contributed by atoms with E-state index in [1.54, 1.807) is 7.11 Å². The van der Waals surface area contributed by atoms with Gasteiger partial charge < -0.3 is 21.1 Å². The number of rotatable bonds is 9. The third-order valence-corrected chi connectivity index (χ3v) is 10.2. The minimum atomic E-state index is -3.62. The molecule has 0 aromatic rings. The van der Waals surface area contributed by atoms with Crippen molar-refractivity contribution >= 4 is 10.0 Å². The summed E-state index contributed by atoms with van der Waals surface area (Å²) in [6, 6.07) is 0.349. The van der Waals surface area contributed by atoms with Crippen LogP contribution in [0.25, 0.3) is 0 Å². The maximum absolute atomic E-state index is 13.4. The molecule has 0 amide bonds. The standard InChI is InChI=1S/C22H45N7O3S/c1-15-7-9-29(14-15)17-6-8-24-20(10-17)25-13-18(11-23)33(30,31)27-21-19(32-3)5-4-16-12-26-28(2)22(16)21/h15-22,24-27H,4-14,23H2,1-3H3/t15-,16?,17?,18?,19?,20?,21?,22?/m1/s1. The fourth-order valence-electron chi connectivity index (χ4n) is 6.36. The highest BCUT2D eigenvalue weighted by Crippen LogP contribution is 2.33. The first kappa shape index (κ1) is 25.7. The summed E-state index contributed by atoms with van der Waals surface area (Å²) >= 11 is 0. The highest BCUT2D eigenvalue weighted by Gasteiger charge is 2.47. The number of likely N-dealkylation sites (N-methyl/N-ethyl adjacent to an activating group) is 1. The third kappa shape index (κ3) is 5.90. The van der Waals surface area contributed by atoms with Gasteiger partial charge in [0.1, 0.15) is 5.25 Å². The molecule has 10 nitrogen and oxygen atoms in total. The van der Waals surface area contributed by atoms with Crippen LogP contribution in [0.3, 0.4) is 0 Å². The Kier molecular flexibility index (Phi) is 8.67. The molecule has 4 aliphatic rings. The summed E-state index contributed by atoms with van der Waals surface area (Å²) in [5.74, 6) is 1.19. The molecule has 7 unspecified atom stereocenters. The van der Waals surface area contributed by atoms with Crippen molar-refractivity contribution in [2.24, 2.45) is 17.6 Å². The van der Waals surface area contributed by atoms with Crippen LogP contribution in [0.15, 0.2) is 0 Å². The molecule has 192 valence electrons. The van der Waals surface area contributed by atoms with Gasteiger partial charge in [0.2, 0.25) is 10.0 Å². The molecule has 3 heterocycles. The van der Waals surface area contributed by atoms with Gasteiger partial charge in [-0.3, -0.25) is 10.3 Å². The number of nitrogens with one attached hydrogen (secondary N) is 4. The van der Waals surface area contributed by atoms with Gasteiger partial charge in [-0.25, -0.2) is 18.1 Å². The molecule has 0 aromatic carbocycles. The molecule has 4 fully saturated rings. The van der Waals surface area contributed by atoms with Gasteiger partial charge in [-0.1, -0.05) is 6.92 Å². The molecule has 6 N–H and O–H groups in total. The van der Waals surface area contributed by atoms with E-state index < -0.39 is 15.3 Å². The first-order chi connectivity index (χ1) is 15.8. The maximum Gasteiger partial charge on any atom is 0.217 e. The van der Waals surface area contributed by atoms with Crippen LogP contribution in [0, 0.1) is 11.8 Å². The van der Waals surface area contributed by atoms with Crippen molar-refractivity contribution in [3.05, 3.63) is 0 Å². The number of piperidine rings is 1. The Labute approximate surface area is 199 Å². The van der Waals surface area contributed by atoms with E-state index in [1.807, 2.05) is 12.1 Å². The fourth-order valence-corrected chi connectivity index (χ4v) is 7.80. The minimum Gasteiger partial charge on any atom is -0.380 e. The maximum atomic E-state index is 13.4. The van der Waals surface area contributed by atoms with Crippen LogP contribution in [-0.4, -0.2) is 107 Å². The molecule has 0 bridgehead atoms. The van der Waals surface area contributed by atoms with Crippen LogP contribution in [0.2, 0.25) is 0 Å². The zero-order valence-corrected chi connectivity index (χ0v) is 21.3. The van der Waals surface area contributed by atoms with Gasteiger partial charge in [0, 0.05) is 52.4 Å². The number of likely N-dealkylation sites (tertiary alicyclic amines) is 1. The number of hydrazine groups is 1. The summed E-state index contributed by atoms with van der Waals surface area (Å²) in [5.41, 5.74) is 9.34. The van der Waals surface area contributed by atoms with E-state index >= 15 is 0 Å². The molecule has 0 aromatic heterocycles. The summed E-state index contributed by atoms with van der Waals surface area (Å²) in [7, 11) is 0.0294. The van der Waals surface area contributed by atoms with Crippen molar-refractivity contribution < 1.29 is 13.2 Å². The number of fused-ring (bicyclic) bond motifs is 1. The van der Waals surface area contributed by atoms with E-state index in [2.05, 4.69) is 32.6 Å². The Balaban J connectivity index is 1.35. The highest BCUT2D eigenvalue weighted by molar-refractivity contribution is 7.90. The lowest BCUT2D eigenvalue weighted by atomic mass is 9.80. The average Bonchev–Trinajstić information content (AvgIpc) is 3.40. The molecular weight excluding hydrogens is 442 g/mol. The van der Waals surface area contributed by atoms with Gasteiger partial charge in [-0.15, -0.1) is 0 Å². The normalized spacial score (nSPS) is 39.6. The second-order valence-corrected chi connectivity index (χ2v) is 12.6. The second kappa shape index (κ2) is 11.1. The Bertz CT molecular complexity index is 742. The lowest BCUT2D eigenvalue weighted by Gasteiger charge is -2.41. The van der Waals surface area contributed by atoms with Crippen molar-refractivity contribution in [3.63, 3.8) is 0 Å². The molecule has 33 heavy (non-hydrogen) atoms. The molecule has 3 saturated heterocycles. The third-order valence-electron chi connectivity index (χ3n) is 8.37. The van der Waals surface area contributed by atoms with Crippen LogP contribution in [0.5, 0.6) is 0 Å². The quantitative estimate of drug-likeness (QED) is 0.274. The van der Waals surface area contributed by atoms with Crippen LogP contribution < -0.4 is 26.5 Å². The summed E-state index contributed by atoms with van der Waals surface area (Å²) in [6.45, 7) is 6.91. The Hall–Kier alpha value is -0.370. The summed E-state index contributed by atoms with van der Waals surface area (Å²) in [4.78, 5) is 2.61. The zero-order chi connectivity index (χ0) is 23.6. The van der Waals surface area contributed by atoms with E-state index in [0.29, 0.717) is 18.5 Å². The van der Waals surface area contributed by atoms with Crippen molar-refractivity contribution in [1.29, 1.82) is 0 Å². The monoisotopic (exact) mass is 487 g/mol. The van der Waals surface area contributed by atoms with Crippen LogP contribution in [-0.2, 0) is 14.8 Å². The van der Waals surface area contributed by atoms with Crippen LogP contribution in [0.4, 0.5) is 0 Å². The van der Waals surface area contributed by atoms with Crippen molar-refractivity contribution in [1.82, 2.24) is 30.7 Å². The lowest BCUT2D eigenvalue weighted by molar-refractivity contribution is 0.00328. The molecule has 4 rings (SSSR count). The van der Waals surface area contributed by atoms with E-state index in [9.17, 15) is 8.42 Å². The predicted molar refractivity (Wildman–Crippen MR) is 130 cm³/mol. The van der Waals surface area contributed by atoms with Gasteiger partial charge in [-0.2, -0.15) is 0 Å². The van der Waals surface area contributed by atoms with Gasteiger partial charge in [0.05, 0.1) is 18.3 Å². The summed E-state index contributed by atoms with van der Waals surface area (Å²) in [5, 5.41) is 8.34. The molecule has 0 radical (unpaired) electrons. The lowest BCUT2D eigenvalue weighted by Crippen LogP contribution is -2.62. The van der Waals surface area contributed by atoms with Crippen LogP contribution >= 0.6 is 0 Å². The highest BCUT2D eigenvalue weighted by atomic mass is 32.2. The number of hydrogen-bond acceptors (Lipinski definition) is 9. The number of methoxy groups -OCH3 is 1. The van der Waals surface area contributed by atoms with E-state index in [0.717, 1.165) is 44.7 Å². The molecular formula is C22H45N7O3S. The van der Waals surface area contributed by atoms with E-state index in [-0.39, 0.29) is 30.9 Å². The first-order valence-electron chi connectivity index (χ1n) is 12.7. The number of nitrogens with zero attached hydrogens (tertiary/aromatic N) is 2. The number of ether oxygens (including phenoxy) is 1. The van der Waals surface area contributed by atoms with Gasteiger partial charge in [0.25, 0.3) is 0 Å². The molecule has 11 heteroatoms. The summed E-state index contributed by atoms with van der Waals surface area (Å²) in [6.07, 6.45) is 5.27. The number of nitrogens with two attached hydrogens (primary N) is 1. The topological polar surface area (TPSA) is 124 Å². The van der Waals surface area contributed by atoms with E-state index in [4.69, 9.17) is 10.5 Å². The zero-order valence-electron chi connectivity index (χ0n) is 20.5. The summed E-state index contributed by atoms with van der Waals surface area (Å²) < 4.78 is 35.5. The Morgan fingerprint density at radius 1 is 1.24 bits per heavy atom. The smallest absolute Gasteiger partial charge is 0.217 e. The molecule has 0 spiro atoms. The molecule has 1 saturated carbocycles. The average molecular weight is 488 g/mol. The molecule has 8 atom stereocenters. The van der Waals surface area contributed by atoms with E-state index in [1.165, 1.54) is 19.5 Å². The SMILES string of the molecule is COC1CCC2CNN(C)C2C1NS(=O)(=O)C(CN)CNC1CC(N2CC[C@@H](C)C2)CCN1. The Morgan fingerprint density at radius 2 is 2.06 bits per heavy atom. The predicted octanol–water partition coefficient (Wildman–Crippen LogP) is -1.15. The number of sulfonamides is 1. The van der Waals surface area contributed by atoms with Crippen molar-refractivity contribution in [3.8, 4) is 0 Å². The minimum absolute atomic E-state index is 0.0773. The molecule has 1 aliphatic carbocycles. The van der Waals surface area contributed by atoms with Gasteiger partial charge in [-0.05, 0) is 57.0 Å². The largest absolute Gasteiger partial charge is 0.380 e. The van der Waals surface area contributed by atoms with Crippen LogP contribution in [0.1, 0.15) is 39.0 Å². The second-order valence-electron chi connectivity index (χ2n) is 10.6. The molecule has 3 aliphatic heterocycles. The number of hydrogen-bond donors (Lipinski definition) is 5. The van der Waals surface area contributed by atoms with Crippen molar-refractivity contribution in [2.45, 2.75) is 74.7 Å². The van der Waals surface area contributed by atoms with Gasteiger partial charge >= 0.3 is 0 Å². The fraction of sp³-hybridized carbons (Fsp3) is 1.00. The van der Waals surface area contributed by atoms with Crippen molar-refractivity contribution in [2.75, 3.05) is 53.4 Å². The Morgan fingerprint density at radius 3 is 2.76 bits per heavy atom. The van der Waals surface area contributed by atoms with Gasteiger partial charge in [0.15, 0.2) is 0 Å².